The summed E-state index contributed by atoms with van der Waals surface area (Å²) in [6.07, 6.45) is 0. The fourth-order valence-corrected chi connectivity index (χ4v) is 4.78. The van der Waals surface area contributed by atoms with E-state index < -0.39 is 0 Å². The molecule has 0 amide bonds. The molecule has 0 saturated carbocycles. The summed E-state index contributed by atoms with van der Waals surface area (Å²) in [7, 11) is 3.26. The van der Waals surface area contributed by atoms with Gasteiger partial charge in [0.1, 0.15) is 48.2 Å². The van der Waals surface area contributed by atoms with E-state index in [2.05, 4.69) is 33.6 Å². The lowest BCUT2D eigenvalue weighted by atomic mass is 10.0. The number of nitrogens with zero attached hydrogens (tertiary/aromatic N) is 4. The van der Waals surface area contributed by atoms with Crippen molar-refractivity contribution in [1.82, 2.24) is 9.97 Å². The van der Waals surface area contributed by atoms with E-state index in [9.17, 15) is 10.5 Å². The molecule has 3 aromatic rings. The summed E-state index contributed by atoms with van der Waals surface area (Å²) in [5.41, 5.74) is 5.33. The van der Waals surface area contributed by atoms with E-state index in [4.69, 9.17) is 37.9 Å². The monoisotopic (exact) mass is 710 g/mol. The Morgan fingerprint density at radius 3 is 1.06 bits per heavy atom. The first kappa shape index (κ1) is 41.4. The van der Waals surface area contributed by atoms with Crippen molar-refractivity contribution in [2.24, 2.45) is 0 Å². The average molecular weight is 711 g/mol. The maximum Gasteiger partial charge on any atom is 0.178 e. The Hall–Kier alpha value is -5.02. The quantitative estimate of drug-likeness (QED) is 0.121. The largest absolute Gasteiger partial charge is 0.491 e. The molecule has 3 rings (SSSR count). The zero-order valence-electron chi connectivity index (χ0n) is 30.8. The van der Waals surface area contributed by atoms with Crippen LogP contribution in [-0.2, 0) is 28.4 Å². The van der Waals surface area contributed by atoms with Crippen LogP contribution in [0.1, 0.15) is 56.2 Å². The van der Waals surface area contributed by atoms with Crippen LogP contribution in [0.2, 0.25) is 0 Å². The number of benzene rings is 2. The first-order valence-corrected chi connectivity index (χ1v) is 16.8. The predicted molar refractivity (Wildman–Crippen MR) is 193 cm³/mol. The minimum absolute atomic E-state index is 0.116. The van der Waals surface area contributed by atoms with E-state index in [0.29, 0.717) is 90.8 Å². The molecule has 0 N–H and O–H groups in total. The molecule has 0 aliphatic carbocycles. The summed E-state index contributed by atoms with van der Waals surface area (Å²) in [4.78, 5) is 8.73. The lowest BCUT2D eigenvalue weighted by Gasteiger charge is -2.11. The van der Waals surface area contributed by atoms with Gasteiger partial charge >= 0.3 is 0 Å². The number of nitriles is 2. The van der Waals surface area contributed by atoms with Gasteiger partial charge in [0, 0.05) is 25.3 Å². The molecule has 1 aromatic heterocycles. The van der Waals surface area contributed by atoms with E-state index in [1.165, 1.54) is 0 Å². The molecule has 274 valence electrons. The van der Waals surface area contributed by atoms with E-state index >= 15 is 0 Å². The fourth-order valence-electron chi connectivity index (χ4n) is 4.78. The van der Waals surface area contributed by atoms with Crippen LogP contribution in [0.15, 0.2) is 24.3 Å². The molecule has 12 nitrogen and oxygen atoms in total. The molecule has 0 saturated heterocycles. The molecule has 12 heteroatoms. The summed E-state index contributed by atoms with van der Waals surface area (Å²) in [6.45, 7) is 13.5. The van der Waals surface area contributed by atoms with Gasteiger partial charge in [0.2, 0.25) is 0 Å². The van der Waals surface area contributed by atoms with Crippen molar-refractivity contribution in [3.63, 3.8) is 0 Å². The van der Waals surface area contributed by atoms with Gasteiger partial charge in [-0.15, -0.1) is 0 Å². The van der Waals surface area contributed by atoms with Crippen LogP contribution < -0.4 is 9.47 Å². The minimum atomic E-state index is -0.116. The number of hydrogen-bond acceptors (Lipinski definition) is 12. The third kappa shape index (κ3) is 13.9. The Labute approximate surface area is 306 Å². The molecule has 0 fully saturated rings. The first-order valence-electron chi connectivity index (χ1n) is 16.8. The van der Waals surface area contributed by atoms with Crippen molar-refractivity contribution in [3.8, 4) is 47.3 Å². The highest BCUT2D eigenvalue weighted by Gasteiger charge is 2.13. The molecule has 0 aliphatic heterocycles. The summed E-state index contributed by atoms with van der Waals surface area (Å²) >= 11 is 0. The molecule has 0 aliphatic rings. The molecule has 0 unspecified atom stereocenters. The first-order chi connectivity index (χ1) is 25.3. The Balaban J connectivity index is 1.72. The molecule has 0 atom stereocenters. The molecule has 0 radical (unpaired) electrons. The number of rotatable bonds is 20. The van der Waals surface area contributed by atoms with Crippen molar-refractivity contribution in [2.75, 3.05) is 93.5 Å². The topological polar surface area (TPSA) is 147 Å². The Morgan fingerprint density at radius 1 is 0.442 bits per heavy atom. The Morgan fingerprint density at radius 2 is 0.750 bits per heavy atom. The minimum Gasteiger partial charge on any atom is -0.491 e. The van der Waals surface area contributed by atoms with Gasteiger partial charge in [-0.3, -0.25) is 0 Å². The van der Waals surface area contributed by atoms with E-state index in [1.807, 2.05) is 64.1 Å². The summed E-state index contributed by atoms with van der Waals surface area (Å²) in [5.74, 6) is 13.9. The van der Waals surface area contributed by atoms with Crippen LogP contribution in [0.4, 0.5) is 0 Å². The van der Waals surface area contributed by atoms with Crippen LogP contribution in [0.3, 0.4) is 0 Å². The highest BCUT2D eigenvalue weighted by molar-refractivity contribution is 5.57. The van der Waals surface area contributed by atoms with Crippen molar-refractivity contribution in [1.29, 1.82) is 10.5 Å². The highest BCUT2D eigenvalue weighted by atomic mass is 16.6. The summed E-state index contributed by atoms with van der Waals surface area (Å²) in [5, 5.41) is 19.3. The van der Waals surface area contributed by atoms with Crippen molar-refractivity contribution >= 4 is 0 Å². The molecular weight excluding hydrogens is 664 g/mol. The van der Waals surface area contributed by atoms with Gasteiger partial charge in [-0.25, -0.2) is 9.97 Å². The van der Waals surface area contributed by atoms with Crippen molar-refractivity contribution in [3.05, 3.63) is 80.4 Å². The Bertz CT molecular complexity index is 1650. The Kier molecular flexibility index (Phi) is 18.7. The predicted octanol–water partition coefficient (Wildman–Crippen LogP) is 4.37. The maximum atomic E-state index is 9.63. The zero-order chi connectivity index (χ0) is 37.6. The molecule has 2 aromatic carbocycles. The van der Waals surface area contributed by atoms with Crippen LogP contribution in [0.5, 0.6) is 11.5 Å². The normalized spacial score (nSPS) is 10.4. The smallest absolute Gasteiger partial charge is 0.178 e. The third-order valence-corrected chi connectivity index (χ3v) is 7.33. The number of aromatic nitrogens is 2. The van der Waals surface area contributed by atoms with Crippen LogP contribution in [0, 0.1) is 74.0 Å². The SMILES string of the molecule is COCCOCCOCCOc1cc(C)c(C#Cc2nc(C#N)c(C#N)nc2C#Cc2c(C)cc(OCCOCCOCCOC)cc2C)c(C)c1. The van der Waals surface area contributed by atoms with Crippen LogP contribution >= 0.6 is 0 Å². The van der Waals surface area contributed by atoms with E-state index in [1.54, 1.807) is 14.2 Å². The third-order valence-electron chi connectivity index (χ3n) is 7.33. The number of aryl methyl sites for hydroxylation is 4. The van der Waals surface area contributed by atoms with Gasteiger partial charge in [0.25, 0.3) is 0 Å². The number of methoxy groups -OCH3 is 2. The lowest BCUT2D eigenvalue weighted by molar-refractivity contribution is 0.0179. The average Bonchev–Trinajstić information content (AvgIpc) is 3.12. The van der Waals surface area contributed by atoms with Gasteiger partial charge in [-0.2, -0.15) is 10.5 Å². The highest BCUT2D eigenvalue weighted by Crippen LogP contribution is 2.23. The standard InChI is InChI=1S/C40H46N4O8/c1-29-23-33(51-21-19-49-17-15-47-13-11-45-5)24-30(2)35(29)7-9-37-38(44-40(28-42)39(27-41)43-37)10-8-36-31(3)25-34(26-32(36)4)52-22-20-50-18-16-48-14-12-46-6/h23-26H,11-22H2,1-6H3. The molecule has 52 heavy (non-hydrogen) atoms. The second-order valence-electron chi connectivity index (χ2n) is 11.3. The molecule has 1 heterocycles. The van der Waals surface area contributed by atoms with E-state index in [-0.39, 0.29) is 22.8 Å². The van der Waals surface area contributed by atoms with Gasteiger partial charge < -0.3 is 37.9 Å². The van der Waals surface area contributed by atoms with Crippen LogP contribution in [0.25, 0.3) is 0 Å². The number of ether oxygens (including phenoxy) is 8. The molecule has 0 bridgehead atoms. The van der Waals surface area contributed by atoms with Gasteiger partial charge in [-0.1, -0.05) is 11.8 Å². The lowest BCUT2D eigenvalue weighted by Crippen LogP contribution is -2.12. The van der Waals surface area contributed by atoms with Gasteiger partial charge in [-0.05, 0) is 86.1 Å². The van der Waals surface area contributed by atoms with Crippen LogP contribution in [-0.4, -0.2) is 103 Å². The maximum absolute atomic E-state index is 9.63. The van der Waals surface area contributed by atoms with E-state index in [0.717, 1.165) is 33.4 Å². The van der Waals surface area contributed by atoms with Gasteiger partial charge in [0.05, 0.1) is 66.1 Å². The van der Waals surface area contributed by atoms with Crippen molar-refractivity contribution in [2.45, 2.75) is 27.7 Å². The summed E-state index contributed by atoms with van der Waals surface area (Å²) < 4.78 is 43.6. The van der Waals surface area contributed by atoms with Crippen molar-refractivity contribution < 1.29 is 37.9 Å². The molecular formula is C40H46N4O8. The zero-order valence-corrected chi connectivity index (χ0v) is 30.8. The second-order valence-corrected chi connectivity index (χ2v) is 11.3. The van der Waals surface area contributed by atoms with Gasteiger partial charge in [0.15, 0.2) is 11.4 Å². The fraction of sp³-hybridized carbons (Fsp3) is 0.450. The summed E-state index contributed by atoms with van der Waals surface area (Å²) in [6, 6.07) is 11.5. The second kappa shape index (κ2) is 23.5. The number of hydrogen-bond donors (Lipinski definition) is 0. The molecule has 0 spiro atoms.